The van der Waals surface area contributed by atoms with Crippen LogP contribution in [0.2, 0.25) is 0 Å². The normalized spacial score (nSPS) is 11.9. The number of nitrogens with one attached hydrogen (secondary N) is 1. The van der Waals surface area contributed by atoms with E-state index >= 15 is 0 Å². The Morgan fingerprint density at radius 3 is 1.62 bits per heavy atom. The minimum Gasteiger partial charge on any atom is -0.460 e. The lowest BCUT2D eigenvalue weighted by Crippen LogP contribution is -2.43. The third-order valence-corrected chi connectivity index (χ3v) is 5.40. The molecule has 3 aromatic rings. The lowest BCUT2D eigenvalue weighted by molar-refractivity contribution is -0.165. The molecule has 1 unspecified atom stereocenters. The van der Waals surface area contributed by atoms with E-state index in [0.717, 1.165) is 16.7 Å². The van der Waals surface area contributed by atoms with Crippen LogP contribution in [0.4, 0.5) is 4.79 Å². The molecule has 0 saturated heterocycles. The van der Waals surface area contributed by atoms with Crippen molar-refractivity contribution in [3.8, 4) is 0 Å². The molecule has 3 aromatic carbocycles. The Hall–Kier alpha value is -4.13. The first-order chi connectivity index (χ1) is 17.6. The predicted molar refractivity (Wildman–Crippen MR) is 139 cm³/mol. The molecule has 0 fully saturated rings. The number of amides is 1. The maximum Gasteiger partial charge on any atom is 0.408 e. The molecule has 0 aliphatic heterocycles. The van der Waals surface area contributed by atoms with Gasteiger partial charge in [0.15, 0.2) is 5.92 Å². The summed E-state index contributed by atoms with van der Waals surface area (Å²) in [5.41, 5.74) is 2.27. The molecule has 0 saturated carbocycles. The van der Waals surface area contributed by atoms with Crippen molar-refractivity contribution in [1.29, 1.82) is 0 Å². The molecule has 194 valence electrons. The van der Waals surface area contributed by atoms with E-state index in [1.54, 1.807) is 32.9 Å². The summed E-state index contributed by atoms with van der Waals surface area (Å²) in [7, 11) is 0. The summed E-state index contributed by atoms with van der Waals surface area (Å²) < 4.78 is 16.5. The van der Waals surface area contributed by atoms with Crippen molar-refractivity contribution < 1.29 is 28.6 Å². The highest BCUT2D eigenvalue weighted by Crippen LogP contribution is 2.27. The fraction of sp³-hybridized carbons (Fsp3) is 0.300. The van der Waals surface area contributed by atoms with Crippen molar-refractivity contribution in [1.82, 2.24) is 5.32 Å². The maximum atomic E-state index is 13.4. The topological polar surface area (TPSA) is 90.9 Å². The van der Waals surface area contributed by atoms with E-state index in [0.29, 0.717) is 5.56 Å². The van der Waals surface area contributed by atoms with Gasteiger partial charge in [-0.2, -0.15) is 0 Å². The molecule has 1 atom stereocenters. The van der Waals surface area contributed by atoms with E-state index in [9.17, 15) is 14.4 Å². The Morgan fingerprint density at radius 2 is 1.19 bits per heavy atom. The van der Waals surface area contributed by atoms with Crippen LogP contribution >= 0.6 is 0 Å². The highest BCUT2D eigenvalue weighted by molar-refractivity contribution is 5.96. The van der Waals surface area contributed by atoms with E-state index < -0.39 is 35.6 Å². The van der Waals surface area contributed by atoms with E-state index in [1.807, 2.05) is 79.7 Å². The van der Waals surface area contributed by atoms with Gasteiger partial charge in [0.2, 0.25) is 0 Å². The number of aryl methyl sites for hydroxylation is 1. The molecule has 0 heterocycles. The van der Waals surface area contributed by atoms with Crippen LogP contribution in [0.15, 0.2) is 84.9 Å². The smallest absolute Gasteiger partial charge is 0.408 e. The number of hydrogen-bond donors (Lipinski definition) is 1. The van der Waals surface area contributed by atoms with Gasteiger partial charge in [-0.05, 0) is 44.4 Å². The zero-order valence-electron chi connectivity index (χ0n) is 21.6. The second-order valence-corrected chi connectivity index (χ2v) is 9.70. The number of carbonyl (C=O) groups is 3. The molecule has 0 aliphatic rings. The molecule has 0 aliphatic carbocycles. The Labute approximate surface area is 217 Å². The first-order valence-electron chi connectivity index (χ1n) is 12.1. The third kappa shape index (κ3) is 8.79. The number of carbonyl (C=O) groups excluding carboxylic acids is 3. The van der Waals surface area contributed by atoms with Gasteiger partial charge in [0.05, 0.1) is 6.04 Å². The summed E-state index contributed by atoms with van der Waals surface area (Å²) in [5, 5.41) is 2.70. The largest absolute Gasteiger partial charge is 0.460 e. The number of rotatable bonds is 9. The van der Waals surface area contributed by atoms with Crippen LogP contribution in [0.5, 0.6) is 0 Å². The van der Waals surface area contributed by atoms with Crippen LogP contribution in [0, 0.1) is 12.8 Å². The highest BCUT2D eigenvalue weighted by atomic mass is 16.6. The molecule has 0 radical (unpaired) electrons. The number of ether oxygens (including phenoxy) is 3. The number of esters is 2. The third-order valence-electron chi connectivity index (χ3n) is 5.40. The monoisotopic (exact) mass is 503 g/mol. The maximum absolute atomic E-state index is 13.4. The second-order valence-electron chi connectivity index (χ2n) is 9.70. The van der Waals surface area contributed by atoms with Gasteiger partial charge >= 0.3 is 18.0 Å². The van der Waals surface area contributed by atoms with Crippen molar-refractivity contribution in [3.05, 3.63) is 107 Å². The Kier molecular flexibility index (Phi) is 9.44. The molecule has 37 heavy (non-hydrogen) atoms. The fourth-order valence-corrected chi connectivity index (χ4v) is 3.57. The van der Waals surface area contributed by atoms with Crippen LogP contribution in [0.25, 0.3) is 0 Å². The SMILES string of the molecule is Cc1ccc(C(NC(=O)OC(C)(C)C)C(C(=O)OCc2ccccc2)C(=O)OCc2ccccc2)cc1. The average molecular weight is 504 g/mol. The van der Waals surface area contributed by atoms with Crippen LogP contribution in [-0.2, 0) is 37.0 Å². The number of hydrogen-bond acceptors (Lipinski definition) is 6. The minimum absolute atomic E-state index is 0.0325. The molecule has 0 bridgehead atoms. The fourth-order valence-electron chi connectivity index (χ4n) is 3.57. The van der Waals surface area contributed by atoms with Gasteiger partial charge < -0.3 is 19.5 Å². The van der Waals surface area contributed by atoms with Gasteiger partial charge in [0, 0.05) is 0 Å². The first-order valence-corrected chi connectivity index (χ1v) is 12.1. The van der Waals surface area contributed by atoms with Crippen LogP contribution in [-0.4, -0.2) is 23.6 Å². The molecule has 3 rings (SSSR count). The van der Waals surface area contributed by atoms with Gasteiger partial charge in [0.1, 0.15) is 18.8 Å². The van der Waals surface area contributed by atoms with E-state index in [2.05, 4.69) is 5.32 Å². The standard InChI is InChI=1S/C30H33NO6/c1-21-15-17-24(18-16-21)26(31-29(34)37-30(2,3)4)25(27(32)35-19-22-11-7-5-8-12-22)28(33)36-20-23-13-9-6-10-14-23/h5-18,25-26H,19-20H2,1-4H3,(H,31,34). The number of alkyl carbamates (subject to hydrolysis) is 1. The predicted octanol–water partition coefficient (Wildman–Crippen LogP) is 5.66. The highest BCUT2D eigenvalue weighted by Gasteiger charge is 2.40. The van der Waals surface area contributed by atoms with Crippen LogP contribution in [0.1, 0.15) is 49.1 Å². The summed E-state index contributed by atoms with van der Waals surface area (Å²) in [6.07, 6.45) is -0.769. The van der Waals surface area contributed by atoms with Crippen molar-refractivity contribution in [3.63, 3.8) is 0 Å². The molecular formula is C30H33NO6. The molecule has 1 N–H and O–H groups in total. The summed E-state index contributed by atoms with van der Waals surface area (Å²) in [4.78, 5) is 39.6. The van der Waals surface area contributed by atoms with Gasteiger partial charge in [-0.1, -0.05) is 90.5 Å². The van der Waals surface area contributed by atoms with Crippen molar-refractivity contribution in [2.75, 3.05) is 0 Å². The molecule has 0 spiro atoms. The zero-order valence-corrected chi connectivity index (χ0v) is 21.6. The lowest BCUT2D eigenvalue weighted by atomic mass is 9.92. The van der Waals surface area contributed by atoms with Gasteiger partial charge in [-0.3, -0.25) is 9.59 Å². The van der Waals surface area contributed by atoms with Gasteiger partial charge in [0.25, 0.3) is 0 Å². The Morgan fingerprint density at radius 1 is 0.730 bits per heavy atom. The van der Waals surface area contributed by atoms with Gasteiger partial charge in [-0.15, -0.1) is 0 Å². The first kappa shape index (κ1) is 27.5. The summed E-state index contributed by atoms with van der Waals surface area (Å²) in [6, 6.07) is 24.4. The number of benzene rings is 3. The van der Waals surface area contributed by atoms with Gasteiger partial charge in [-0.25, -0.2) is 4.79 Å². The van der Waals surface area contributed by atoms with Crippen LogP contribution < -0.4 is 5.32 Å². The van der Waals surface area contributed by atoms with Crippen molar-refractivity contribution >= 4 is 18.0 Å². The quantitative estimate of drug-likeness (QED) is 0.230. The van der Waals surface area contributed by atoms with E-state index in [-0.39, 0.29) is 13.2 Å². The minimum atomic E-state index is -1.47. The van der Waals surface area contributed by atoms with E-state index in [4.69, 9.17) is 14.2 Å². The molecule has 0 aromatic heterocycles. The second kappa shape index (κ2) is 12.7. The lowest BCUT2D eigenvalue weighted by Gasteiger charge is -2.28. The molecular weight excluding hydrogens is 470 g/mol. The Balaban J connectivity index is 1.91. The van der Waals surface area contributed by atoms with Crippen molar-refractivity contribution in [2.45, 2.75) is 52.6 Å². The van der Waals surface area contributed by atoms with E-state index in [1.165, 1.54) is 0 Å². The molecule has 1 amide bonds. The molecule has 7 nitrogen and oxygen atoms in total. The van der Waals surface area contributed by atoms with Crippen LogP contribution in [0.3, 0.4) is 0 Å². The summed E-state index contributed by atoms with van der Waals surface area (Å²) in [6.45, 7) is 7.04. The molecule has 7 heteroatoms. The Bertz CT molecular complexity index is 1110. The summed E-state index contributed by atoms with van der Waals surface area (Å²) in [5.74, 6) is -3.10. The average Bonchev–Trinajstić information content (AvgIpc) is 2.86. The zero-order chi connectivity index (χ0) is 26.8. The summed E-state index contributed by atoms with van der Waals surface area (Å²) >= 11 is 0. The van der Waals surface area contributed by atoms with Crippen molar-refractivity contribution in [2.24, 2.45) is 5.92 Å².